The van der Waals surface area contributed by atoms with Gasteiger partial charge in [-0.3, -0.25) is 0 Å². The van der Waals surface area contributed by atoms with Gasteiger partial charge < -0.3 is 15.2 Å². The summed E-state index contributed by atoms with van der Waals surface area (Å²) in [7, 11) is 2.17. The normalized spacial score (nSPS) is 15.6. The molecule has 1 aromatic carbocycles. The van der Waals surface area contributed by atoms with E-state index in [0.717, 1.165) is 12.5 Å². The fourth-order valence-corrected chi connectivity index (χ4v) is 4.18. The van der Waals surface area contributed by atoms with Crippen molar-refractivity contribution < 1.29 is 0 Å². The number of para-hydroxylation sites is 1. The third-order valence-corrected chi connectivity index (χ3v) is 5.63. The van der Waals surface area contributed by atoms with Crippen molar-refractivity contribution in [3.63, 3.8) is 0 Å². The Morgan fingerprint density at radius 2 is 1.62 bits per heavy atom. The van der Waals surface area contributed by atoms with Gasteiger partial charge in [0.1, 0.15) is 0 Å². The molecule has 0 spiro atoms. The first-order valence-electron chi connectivity index (χ1n) is 9.76. The molecule has 1 aromatic heterocycles. The fourth-order valence-electron chi connectivity index (χ4n) is 4.18. The predicted octanol–water partition coefficient (Wildman–Crippen LogP) is 5.11. The molecular weight excluding hydrogens is 365 g/mol. The molecule has 0 saturated carbocycles. The zero-order chi connectivity index (χ0) is 16.8. The van der Waals surface area contributed by atoms with Gasteiger partial charge in [0.2, 0.25) is 0 Å². The van der Waals surface area contributed by atoms with Crippen LogP contribution in [0.1, 0.15) is 56.4 Å². The Labute approximate surface area is 171 Å². The van der Waals surface area contributed by atoms with E-state index < -0.39 is 0 Å². The van der Waals surface area contributed by atoms with Crippen LogP contribution in [0.15, 0.2) is 30.5 Å². The molecular formula is C21H35Cl2N3. The van der Waals surface area contributed by atoms with Crippen molar-refractivity contribution in [1.29, 1.82) is 0 Å². The summed E-state index contributed by atoms with van der Waals surface area (Å²) < 4.78 is 2.29. The zero-order valence-electron chi connectivity index (χ0n) is 16.0. The molecule has 1 fully saturated rings. The van der Waals surface area contributed by atoms with Crippen LogP contribution in [0.3, 0.4) is 0 Å². The topological polar surface area (TPSA) is 34.2 Å². The Morgan fingerprint density at radius 1 is 0.962 bits per heavy atom. The van der Waals surface area contributed by atoms with Crippen molar-refractivity contribution >= 4 is 35.7 Å². The Kier molecular flexibility index (Phi) is 10.6. The summed E-state index contributed by atoms with van der Waals surface area (Å²) in [5, 5.41) is 1.46. The lowest BCUT2D eigenvalue weighted by Crippen LogP contribution is -2.33. The lowest BCUT2D eigenvalue weighted by atomic mass is 9.89. The van der Waals surface area contributed by atoms with Crippen LogP contribution in [-0.2, 0) is 7.05 Å². The van der Waals surface area contributed by atoms with Crippen molar-refractivity contribution in [2.24, 2.45) is 12.8 Å². The summed E-state index contributed by atoms with van der Waals surface area (Å²) in [6, 6.07) is 8.84. The largest absolute Gasteiger partial charge is 0.350 e. The highest BCUT2D eigenvalue weighted by atomic mass is 35.5. The molecule has 2 aromatic rings. The SMILES string of the molecule is Cl.Cl.Cn1cc(C2CCN(CCCCCCCN)CC2)c2ccccc21. The molecule has 1 aliphatic rings. The van der Waals surface area contributed by atoms with E-state index in [1.807, 2.05) is 0 Å². The van der Waals surface area contributed by atoms with Gasteiger partial charge in [-0.05, 0) is 69.4 Å². The van der Waals surface area contributed by atoms with Crippen LogP contribution in [-0.4, -0.2) is 35.6 Å². The summed E-state index contributed by atoms with van der Waals surface area (Å²) >= 11 is 0. The van der Waals surface area contributed by atoms with E-state index in [9.17, 15) is 0 Å². The van der Waals surface area contributed by atoms with Crippen LogP contribution < -0.4 is 5.73 Å². The molecule has 0 unspecified atom stereocenters. The smallest absolute Gasteiger partial charge is 0.0480 e. The van der Waals surface area contributed by atoms with E-state index in [-0.39, 0.29) is 24.8 Å². The van der Waals surface area contributed by atoms with Gasteiger partial charge in [-0.25, -0.2) is 0 Å². The first kappa shape index (κ1) is 23.3. The monoisotopic (exact) mass is 399 g/mol. The van der Waals surface area contributed by atoms with Gasteiger partial charge in [0.05, 0.1) is 0 Å². The first-order valence-corrected chi connectivity index (χ1v) is 9.76. The van der Waals surface area contributed by atoms with Gasteiger partial charge in [-0.1, -0.05) is 37.5 Å². The molecule has 3 rings (SSSR count). The van der Waals surface area contributed by atoms with Gasteiger partial charge in [0.25, 0.3) is 0 Å². The van der Waals surface area contributed by atoms with Crippen molar-refractivity contribution in [2.75, 3.05) is 26.2 Å². The summed E-state index contributed by atoms with van der Waals surface area (Å²) in [6.07, 6.45) is 11.5. The molecule has 0 aliphatic carbocycles. The van der Waals surface area contributed by atoms with Crippen molar-refractivity contribution in [3.8, 4) is 0 Å². The van der Waals surface area contributed by atoms with Gasteiger partial charge in [-0.2, -0.15) is 0 Å². The second kappa shape index (κ2) is 11.9. The number of hydrogen-bond donors (Lipinski definition) is 1. The number of halogens is 2. The highest BCUT2D eigenvalue weighted by Gasteiger charge is 2.22. The number of benzene rings is 1. The minimum absolute atomic E-state index is 0. The second-order valence-corrected chi connectivity index (χ2v) is 7.38. The molecule has 26 heavy (non-hydrogen) atoms. The number of aromatic nitrogens is 1. The van der Waals surface area contributed by atoms with Crippen molar-refractivity contribution in [2.45, 2.75) is 50.9 Å². The van der Waals surface area contributed by atoms with Crippen LogP contribution in [0, 0.1) is 0 Å². The van der Waals surface area contributed by atoms with Crippen molar-refractivity contribution in [3.05, 3.63) is 36.0 Å². The molecule has 0 atom stereocenters. The molecule has 0 bridgehead atoms. The van der Waals surface area contributed by atoms with Crippen LogP contribution in [0.2, 0.25) is 0 Å². The summed E-state index contributed by atoms with van der Waals surface area (Å²) in [4.78, 5) is 2.67. The Morgan fingerprint density at radius 3 is 2.35 bits per heavy atom. The summed E-state index contributed by atoms with van der Waals surface area (Å²) in [6.45, 7) is 4.65. The van der Waals surface area contributed by atoms with Crippen molar-refractivity contribution in [1.82, 2.24) is 9.47 Å². The van der Waals surface area contributed by atoms with Gasteiger partial charge in [0.15, 0.2) is 0 Å². The number of rotatable bonds is 8. The van der Waals surface area contributed by atoms with E-state index in [2.05, 4.69) is 47.0 Å². The number of hydrogen-bond acceptors (Lipinski definition) is 2. The van der Waals surface area contributed by atoms with E-state index in [4.69, 9.17) is 5.73 Å². The Hall–Kier alpha value is -0.740. The highest BCUT2D eigenvalue weighted by molar-refractivity contribution is 5.86. The maximum absolute atomic E-state index is 5.55. The highest BCUT2D eigenvalue weighted by Crippen LogP contribution is 2.34. The molecule has 148 valence electrons. The molecule has 1 aliphatic heterocycles. The standard InChI is InChI=1S/C21H33N3.2ClH/c1-23-17-20(19-9-5-6-10-21(19)23)18-11-15-24(16-12-18)14-8-4-2-3-7-13-22;;/h5-6,9-10,17-18H,2-4,7-8,11-16,22H2,1H3;2*1H. The zero-order valence-corrected chi connectivity index (χ0v) is 17.7. The molecule has 1 saturated heterocycles. The minimum atomic E-state index is 0. The fraction of sp³-hybridized carbons (Fsp3) is 0.619. The predicted molar refractivity (Wildman–Crippen MR) is 118 cm³/mol. The molecule has 2 N–H and O–H groups in total. The van der Waals surface area contributed by atoms with Crippen LogP contribution in [0.5, 0.6) is 0 Å². The van der Waals surface area contributed by atoms with E-state index in [0.29, 0.717) is 0 Å². The molecule has 0 amide bonds. The third-order valence-electron chi connectivity index (χ3n) is 5.63. The second-order valence-electron chi connectivity index (χ2n) is 7.38. The first-order chi connectivity index (χ1) is 11.8. The van der Waals surface area contributed by atoms with E-state index in [1.165, 1.54) is 75.5 Å². The van der Waals surface area contributed by atoms with E-state index >= 15 is 0 Å². The number of likely N-dealkylation sites (tertiary alicyclic amines) is 1. The number of nitrogens with two attached hydrogens (primary N) is 1. The van der Waals surface area contributed by atoms with Crippen LogP contribution in [0.4, 0.5) is 0 Å². The van der Waals surface area contributed by atoms with E-state index in [1.54, 1.807) is 5.56 Å². The lowest BCUT2D eigenvalue weighted by molar-refractivity contribution is 0.208. The maximum atomic E-state index is 5.55. The van der Waals surface area contributed by atoms with Gasteiger partial charge in [-0.15, -0.1) is 24.8 Å². The number of piperidine rings is 1. The number of unbranched alkanes of at least 4 members (excludes halogenated alkanes) is 4. The van der Waals surface area contributed by atoms with Crippen LogP contribution >= 0.6 is 24.8 Å². The lowest BCUT2D eigenvalue weighted by Gasteiger charge is -2.32. The average molecular weight is 400 g/mol. The van der Waals surface area contributed by atoms with Crippen LogP contribution in [0.25, 0.3) is 10.9 Å². The maximum Gasteiger partial charge on any atom is 0.0480 e. The molecule has 3 nitrogen and oxygen atoms in total. The Bertz CT molecular complexity index is 633. The molecule has 0 radical (unpaired) electrons. The molecule has 2 heterocycles. The Balaban J connectivity index is 0.00000169. The van der Waals surface area contributed by atoms with Gasteiger partial charge in [0, 0.05) is 24.1 Å². The summed E-state index contributed by atoms with van der Waals surface area (Å²) in [5.41, 5.74) is 8.48. The number of aryl methyl sites for hydroxylation is 1. The summed E-state index contributed by atoms with van der Waals surface area (Å²) in [5.74, 6) is 0.733. The minimum Gasteiger partial charge on any atom is -0.350 e. The number of nitrogens with zero attached hydrogens (tertiary/aromatic N) is 2. The quantitative estimate of drug-likeness (QED) is 0.625. The third kappa shape index (κ3) is 5.88. The molecule has 5 heteroatoms. The number of fused-ring (bicyclic) bond motifs is 1. The average Bonchev–Trinajstić information content (AvgIpc) is 2.96. The van der Waals surface area contributed by atoms with Gasteiger partial charge >= 0.3 is 0 Å².